The van der Waals surface area contributed by atoms with E-state index < -0.39 is 6.04 Å². The van der Waals surface area contributed by atoms with Gasteiger partial charge in [0, 0.05) is 18.8 Å². The molecule has 1 aromatic heterocycles. The zero-order valence-electron chi connectivity index (χ0n) is 26.0. The zero-order valence-corrected chi connectivity index (χ0v) is 26.0. The molecule has 4 atom stereocenters. The molecule has 0 aliphatic heterocycles. The van der Waals surface area contributed by atoms with Gasteiger partial charge in [0.25, 0.3) is 5.82 Å². The topological polar surface area (TPSA) is 38.4 Å². The summed E-state index contributed by atoms with van der Waals surface area (Å²) in [5, 5.41) is 0. The van der Waals surface area contributed by atoms with Crippen molar-refractivity contribution in [3.05, 3.63) is 48.5 Å². The number of aryl methyl sites for hydroxylation is 1. The van der Waals surface area contributed by atoms with Crippen molar-refractivity contribution in [3.8, 4) is 11.4 Å². The summed E-state index contributed by atoms with van der Waals surface area (Å²) in [5.41, 5.74) is 4.55. The number of para-hydroxylation sites is 2. The predicted molar refractivity (Wildman–Crippen MR) is 167 cm³/mol. The molecule has 1 heterocycles. The number of rotatable bonds is 12. The molecule has 5 nitrogen and oxygen atoms in total. The highest BCUT2D eigenvalue weighted by molar-refractivity contribution is 5.82. The van der Waals surface area contributed by atoms with Crippen LogP contribution in [0.25, 0.3) is 22.4 Å². The van der Waals surface area contributed by atoms with Gasteiger partial charge in [-0.1, -0.05) is 66.0 Å². The Hall–Kier alpha value is -2.82. The largest absolute Gasteiger partial charge is 0.459 e. The lowest BCUT2D eigenvalue weighted by Gasteiger charge is -2.37. The first-order valence-corrected chi connectivity index (χ1v) is 15.8. The van der Waals surface area contributed by atoms with Gasteiger partial charge in [0.1, 0.15) is 6.10 Å². The number of anilines is 1. The third-order valence-corrected chi connectivity index (χ3v) is 9.06. The Kier molecular flexibility index (Phi) is 10.3. The average molecular weight is 547 g/mol. The molecule has 3 aromatic rings. The lowest BCUT2D eigenvalue weighted by atomic mass is 9.75. The first kappa shape index (κ1) is 30.1. The first-order chi connectivity index (χ1) is 19.3. The summed E-state index contributed by atoms with van der Waals surface area (Å²) in [6, 6.07) is 16.9. The highest BCUT2D eigenvalue weighted by Gasteiger charge is 2.37. The second-order valence-corrected chi connectivity index (χ2v) is 12.5. The number of hydrogen-bond acceptors (Lipinski definition) is 3. The molecule has 4 rings (SSSR count). The van der Waals surface area contributed by atoms with Gasteiger partial charge in [-0.15, -0.1) is 0 Å². The van der Waals surface area contributed by atoms with E-state index in [0.717, 1.165) is 48.4 Å². The summed E-state index contributed by atoms with van der Waals surface area (Å²) in [5.74, 6) is 2.43. The molecular weight excluding hydrogens is 494 g/mol. The standard InChI is InChI=1S/C35H52N3O2/c1-8-10-22-37(23-11-9-2)29-19-17-28(18-20-29)34-36(7)31-14-12-13-15-32(31)38(34)27(6)35(39)40-33-24-26(5)16-21-30(33)25(3)4/h12-15,17-20,25-27,30,33H,8-11,16,21-24H2,1-7H3/q+1/t26-,27-,30+,33?/m1/s1. The van der Waals surface area contributed by atoms with Crippen molar-refractivity contribution in [2.45, 2.75) is 98.6 Å². The summed E-state index contributed by atoms with van der Waals surface area (Å²) < 4.78 is 10.8. The average Bonchev–Trinajstić information content (AvgIpc) is 3.25. The molecule has 0 radical (unpaired) electrons. The normalized spacial score (nSPS) is 20.1. The van der Waals surface area contributed by atoms with Crippen molar-refractivity contribution in [3.63, 3.8) is 0 Å². The summed E-state index contributed by atoms with van der Waals surface area (Å²) in [6.45, 7) is 15.5. The van der Waals surface area contributed by atoms with Gasteiger partial charge in [0.2, 0.25) is 0 Å². The molecule has 218 valence electrons. The van der Waals surface area contributed by atoms with Crippen LogP contribution in [-0.4, -0.2) is 29.7 Å². The second kappa shape index (κ2) is 13.7. The van der Waals surface area contributed by atoms with Crippen molar-refractivity contribution in [1.82, 2.24) is 4.57 Å². The molecule has 2 aromatic carbocycles. The van der Waals surface area contributed by atoms with Gasteiger partial charge in [-0.05, 0) is 86.8 Å². The lowest BCUT2D eigenvalue weighted by molar-refractivity contribution is -0.634. The van der Waals surface area contributed by atoms with E-state index in [1.165, 1.54) is 37.8 Å². The first-order valence-electron chi connectivity index (χ1n) is 15.8. The van der Waals surface area contributed by atoms with Gasteiger partial charge in [-0.2, -0.15) is 0 Å². The number of nitrogens with zero attached hydrogens (tertiary/aromatic N) is 3. The van der Waals surface area contributed by atoms with Gasteiger partial charge in [-0.3, -0.25) is 0 Å². The fourth-order valence-electron chi connectivity index (χ4n) is 6.56. The van der Waals surface area contributed by atoms with Crippen LogP contribution in [0, 0.1) is 17.8 Å². The zero-order chi connectivity index (χ0) is 28.8. The maximum absolute atomic E-state index is 13.8. The van der Waals surface area contributed by atoms with Crippen molar-refractivity contribution >= 4 is 22.7 Å². The molecule has 5 heteroatoms. The Morgan fingerprint density at radius 3 is 2.27 bits per heavy atom. The number of benzene rings is 2. The van der Waals surface area contributed by atoms with E-state index in [1.807, 2.05) is 6.92 Å². The smallest absolute Gasteiger partial charge is 0.351 e. The maximum Gasteiger partial charge on any atom is 0.351 e. The number of carbonyl (C=O) groups excluding carboxylic acids is 1. The van der Waals surface area contributed by atoms with Crippen LogP contribution in [0.3, 0.4) is 0 Å². The molecule has 0 spiro atoms. The quantitative estimate of drug-likeness (QED) is 0.170. The van der Waals surface area contributed by atoms with E-state index >= 15 is 0 Å². The molecule has 0 N–H and O–H groups in total. The minimum Gasteiger partial charge on any atom is -0.459 e. The summed E-state index contributed by atoms with van der Waals surface area (Å²) in [6.07, 6.45) is 8.11. The number of hydrogen-bond donors (Lipinski definition) is 0. The molecule has 0 bridgehead atoms. The third kappa shape index (κ3) is 6.56. The summed E-state index contributed by atoms with van der Waals surface area (Å²) >= 11 is 0. The SMILES string of the molecule is CCCCN(CCCC)c1ccc(-c2n([C@H](C)C(=O)OC3C[C@H](C)CC[C@H]3C(C)C)c3ccccc3[n+]2C)cc1. The minimum absolute atomic E-state index is 0.00534. The van der Waals surface area contributed by atoms with Gasteiger partial charge >= 0.3 is 5.97 Å². The summed E-state index contributed by atoms with van der Waals surface area (Å²) in [4.78, 5) is 16.3. The van der Waals surface area contributed by atoms with E-state index in [4.69, 9.17) is 4.74 Å². The second-order valence-electron chi connectivity index (χ2n) is 12.5. The van der Waals surface area contributed by atoms with Crippen LogP contribution < -0.4 is 9.47 Å². The number of aromatic nitrogens is 2. The van der Waals surface area contributed by atoms with Crippen molar-refractivity contribution < 1.29 is 14.1 Å². The van der Waals surface area contributed by atoms with E-state index in [0.29, 0.717) is 17.8 Å². The van der Waals surface area contributed by atoms with Gasteiger partial charge in [0.15, 0.2) is 17.1 Å². The van der Waals surface area contributed by atoms with Crippen molar-refractivity contribution in [2.75, 3.05) is 18.0 Å². The number of esters is 1. The number of carbonyl (C=O) groups is 1. The fourth-order valence-corrected chi connectivity index (χ4v) is 6.56. The highest BCUT2D eigenvalue weighted by atomic mass is 16.5. The van der Waals surface area contributed by atoms with Crippen LogP contribution in [0.15, 0.2) is 48.5 Å². The molecule has 40 heavy (non-hydrogen) atoms. The van der Waals surface area contributed by atoms with Crippen LogP contribution in [0.1, 0.15) is 92.5 Å². The third-order valence-electron chi connectivity index (χ3n) is 9.06. The van der Waals surface area contributed by atoms with E-state index in [9.17, 15) is 4.79 Å². The van der Waals surface area contributed by atoms with Crippen LogP contribution in [0.2, 0.25) is 0 Å². The molecule has 1 aliphatic rings. The van der Waals surface area contributed by atoms with Crippen molar-refractivity contribution in [2.24, 2.45) is 24.8 Å². The summed E-state index contributed by atoms with van der Waals surface area (Å²) in [7, 11) is 2.10. The van der Waals surface area contributed by atoms with Gasteiger partial charge < -0.3 is 9.64 Å². The van der Waals surface area contributed by atoms with Crippen molar-refractivity contribution in [1.29, 1.82) is 0 Å². The molecule has 1 saturated carbocycles. The number of fused-ring (bicyclic) bond motifs is 1. The Bertz CT molecular complexity index is 1240. The highest BCUT2D eigenvalue weighted by Crippen LogP contribution is 2.36. The molecule has 0 saturated heterocycles. The molecule has 1 aliphatic carbocycles. The lowest BCUT2D eigenvalue weighted by Crippen LogP contribution is -2.38. The molecule has 0 amide bonds. The van der Waals surface area contributed by atoms with E-state index in [1.54, 1.807) is 0 Å². The minimum atomic E-state index is -0.434. The molecule has 1 fully saturated rings. The van der Waals surface area contributed by atoms with Crippen LogP contribution in [0.4, 0.5) is 5.69 Å². The number of unbranched alkanes of at least 4 members (excludes halogenated alkanes) is 2. The fraction of sp³-hybridized carbons (Fsp3) is 0.600. The Morgan fingerprint density at radius 2 is 1.65 bits per heavy atom. The van der Waals surface area contributed by atoms with E-state index in [-0.39, 0.29) is 12.1 Å². The number of ether oxygens (including phenoxy) is 1. The Balaban J connectivity index is 1.68. The van der Waals surface area contributed by atoms with E-state index in [2.05, 4.69) is 104 Å². The van der Waals surface area contributed by atoms with Crippen LogP contribution >= 0.6 is 0 Å². The van der Waals surface area contributed by atoms with Crippen LogP contribution in [0.5, 0.6) is 0 Å². The van der Waals surface area contributed by atoms with Gasteiger partial charge in [-0.25, -0.2) is 13.9 Å². The Morgan fingerprint density at radius 1 is 1.00 bits per heavy atom. The molecule has 1 unspecified atom stereocenters. The Labute approximate surface area is 242 Å². The number of imidazole rings is 1. The van der Waals surface area contributed by atoms with Gasteiger partial charge in [0.05, 0.1) is 12.6 Å². The maximum atomic E-state index is 13.8. The monoisotopic (exact) mass is 546 g/mol. The predicted octanol–water partition coefficient (Wildman–Crippen LogP) is 8.10. The molecular formula is C35H52N3O2+. The van der Waals surface area contributed by atoms with Crippen LogP contribution in [-0.2, 0) is 16.6 Å².